The van der Waals surface area contributed by atoms with E-state index in [1.165, 1.54) is 0 Å². The molecule has 0 bridgehead atoms. The highest BCUT2D eigenvalue weighted by Gasteiger charge is 2.41. The van der Waals surface area contributed by atoms with E-state index in [0.29, 0.717) is 0 Å². The molecule has 0 atom stereocenters. The van der Waals surface area contributed by atoms with Gasteiger partial charge < -0.3 is 0 Å². The predicted octanol–water partition coefficient (Wildman–Crippen LogP) is 3.47. The average molecular weight is 395 g/mol. The molecule has 0 radical (unpaired) electrons. The predicted molar refractivity (Wildman–Crippen MR) is 89.0 cm³/mol. The molecular weight excluding hydrogens is 391 g/mol. The van der Waals surface area contributed by atoms with E-state index < -0.39 is 43.1 Å². The number of hydrogen-bond donors (Lipinski definition) is 0. The van der Waals surface area contributed by atoms with Gasteiger partial charge in [0.15, 0.2) is 5.78 Å². The van der Waals surface area contributed by atoms with Gasteiger partial charge in [0.2, 0.25) is 0 Å². The molecule has 1 aliphatic rings. The highest BCUT2D eigenvalue weighted by molar-refractivity contribution is 6.68. The third kappa shape index (κ3) is 2.45. The minimum Gasteiger partial charge on any atom is -0.289 e. The van der Waals surface area contributed by atoms with E-state index >= 15 is 0 Å². The van der Waals surface area contributed by atoms with Crippen LogP contribution in [-0.4, -0.2) is 26.1 Å². The van der Waals surface area contributed by atoms with Crippen LogP contribution in [-0.2, 0) is 0 Å². The average Bonchev–Trinajstić information content (AvgIpc) is 2.85. The van der Waals surface area contributed by atoms with Crippen LogP contribution in [0.25, 0.3) is 11.1 Å². The summed E-state index contributed by atoms with van der Waals surface area (Å²) in [4.78, 5) is 56.5. The van der Waals surface area contributed by atoms with Gasteiger partial charge >= 0.3 is 0 Å². The van der Waals surface area contributed by atoms with Gasteiger partial charge in [0.25, 0.3) is 21.9 Å². The van der Waals surface area contributed by atoms with Crippen LogP contribution in [0.4, 0.5) is 11.4 Å². The molecule has 0 aromatic heterocycles. The van der Waals surface area contributed by atoms with E-state index in [-0.39, 0.29) is 27.8 Å². The molecule has 0 heterocycles. The first-order valence-corrected chi connectivity index (χ1v) is 7.49. The maximum Gasteiger partial charge on any atom is 0.290 e. The molecule has 0 fully saturated rings. The number of rotatable bonds is 4. The number of nitrogens with zero attached hydrogens (tertiary/aromatic N) is 2. The van der Waals surface area contributed by atoms with E-state index in [9.17, 15) is 34.6 Å². The fourth-order valence-corrected chi connectivity index (χ4v) is 3.11. The molecule has 0 amide bonds. The fraction of sp³-hybridized carbons (Fsp3) is 0. The van der Waals surface area contributed by atoms with Gasteiger partial charge in [-0.2, -0.15) is 0 Å². The number of fused-ring (bicyclic) bond motifs is 3. The minimum atomic E-state index is -1.16. The lowest BCUT2D eigenvalue weighted by atomic mass is 9.98. The van der Waals surface area contributed by atoms with Gasteiger partial charge in [-0.05, 0) is 41.4 Å². The first-order chi connectivity index (χ1) is 12.1. The normalized spacial score (nSPS) is 11.7. The van der Waals surface area contributed by atoms with Gasteiger partial charge in [-0.3, -0.25) is 34.6 Å². The molecule has 2 aromatic carbocycles. The van der Waals surface area contributed by atoms with Crippen molar-refractivity contribution in [2.75, 3.05) is 0 Å². The Balaban J connectivity index is 2.52. The molecule has 0 N–H and O–H groups in total. The van der Waals surface area contributed by atoms with Crippen LogP contribution in [0.15, 0.2) is 24.3 Å². The monoisotopic (exact) mass is 394 g/mol. The molecule has 0 saturated heterocycles. The van der Waals surface area contributed by atoms with Crippen LogP contribution in [0, 0.1) is 20.2 Å². The Kier molecular flexibility index (Phi) is 4.05. The van der Waals surface area contributed by atoms with Gasteiger partial charge in [-0.25, -0.2) is 0 Å². The summed E-state index contributed by atoms with van der Waals surface area (Å²) in [5, 5.41) is 20.7. The second-order valence-electron chi connectivity index (χ2n) is 5.19. The maximum atomic E-state index is 12.6. The Bertz CT molecular complexity index is 1080. The number of hydrogen-bond acceptors (Lipinski definition) is 7. The topological polar surface area (TPSA) is 137 Å². The van der Waals surface area contributed by atoms with Crippen LogP contribution in [0.5, 0.6) is 0 Å². The van der Waals surface area contributed by atoms with Crippen LogP contribution < -0.4 is 0 Å². The maximum absolute atomic E-state index is 12.6. The summed E-state index contributed by atoms with van der Waals surface area (Å²) in [6.45, 7) is 0. The zero-order chi connectivity index (χ0) is 19.3. The fourth-order valence-electron chi connectivity index (χ4n) is 2.85. The summed E-state index contributed by atoms with van der Waals surface area (Å²) in [7, 11) is 0. The second-order valence-corrected chi connectivity index (χ2v) is 5.88. The molecule has 0 unspecified atom stereocenters. The molecule has 3 rings (SSSR count). The van der Waals surface area contributed by atoms with Crippen molar-refractivity contribution in [1.29, 1.82) is 0 Å². The summed E-state index contributed by atoms with van der Waals surface area (Å²) >= 11 is 10.7. The number of halogens is 2. The zero-order valence-electron chi connectivity index (χ0n) is 12.3. The summed E-state index contributed by atoms with van der Waals surface area (Å²) in [6.07, 6.45) is 0. The molecule has 0 saturated carbocycles. The van der Waals surface area contributed by atoms with Crippen molar-refractivity contribution in [3.63, 3.8) is 0 Å². The zero-order valence-corrected chi connectivity index (χ0v) is 13.8. The number of carbonyl (C=O) groups excluding carboxylic acids is 3. The summed E-state index contributed by atoms with van der Waals surface area (Å²) < 4.78 is 0. The highest BCUT2D eigenvalue weighted by atomic mass is 35.5. The van der Waals surface area contributed by atoms with Gasteiger partial charge in [0.05, 0.1) is 21.0 Å². The molecule has 26 heavy (non-hydrogen) atoms. The molecule has 11 heteroatoms. The van der Waals surface area contributed by atoms with Crippen molar-refractivity contribution < 1.29 is 24.2 Å². The smallest absolute Gasteiger partial charge is 0.289 e. The number of nitro groups is 2. The first kappa shape index (κ1) is 17.6. The second kappa shape index (κ2) is 5.97. The van der Waals surface area contributed by atoms with Crippen LogP contribution >= 0.6 is 23.2 Å². The standard InChI is InChI=1S/C15H4Cl2N2O7/c16-14(21)5-3-8-10(9(4-5)18(23)24)11-6(13(8)20)1-2-7(15(17)22)12(11)19(25)26/h1-4H. The molecule has 2 aromatic rings. The lowest BCUT2D eigenvalue weighted by Crippen LogP contribution is -2.03. The molecule has 9 nitrogen and oxygen atoms in total. The molecule has 1 aliphatic carbocycles. The summed E-state index contributed by atoms with van der Waals surface area (Å²) in [5.41, 5.74) is -3.61. The quantitative estimate of drug-likeness (QED) is 0.375. The van der Waals surface area contributed by atoms with Crippen molar-refractivity contribution in [2.24, 2.45) is 0 Å². The van der Waals surface area contributed by atoms with Crippen LogP contribution in [0.3, 0.4) is 0 Å². The molecule has 0 aliphatic heterocycles. The third-order valence-corrected chi connectivity index (χ3v) is 4.27. The Hall–Kier alpha value is -3.17. The van der Waals surface area contributed by atoms with Crippen molar-refractivity contribution in [1.82, 2.24) is 0 Å². The Morgan fingerprint density at radius 1 is 0.885 bits per heavy atom. The van der Waals surface area contributed by atoms with Crippen LogP contribution in [0.1, 0.15) is 36.6 Å². The first-order valence-electron chi connectivity index (χ1n) is 6.73. The number of nitro benzene ring substituents is 2. The van der Waals surface area contributed by atoms with E-state index in [1.807, 2.05) is 0 Å². The SMILES string of the molecule is O=C(Cl)c1cc2c(c([N+](=O)[O-])c1)-c1c(ccc(C(=O)Cl)c1[N+](=O)[O-])C2=O. The lowest BCUT2D eigenvalue weighted by molar-refractivity contribution is -0.386. The van der Waals surface area contributed by atoms with E-state index in [2.05, 4.69) is 0 Å². The van der Waals surface area contributed by atoms with Crippen molar-refractivity contribution in [3.8, 4) is 11.1 Å². The van der Waals surface area contributed by atoms with Gasteiger partial charge in [0, 0.05) is 22.8 Å². The van der Waals surface area contributed by atoms with Gasteiger partial charge in [0.1, 0.15) is 5.56 Å². The highest BCUT2D eigenvalue weighted by Crippen LogP contribution is 2.48. The summed E-state index contributed by atoms with van der Waals surface area (Å²) in [6, 6.07) is 3.95. The van der Waals surface area contributed by atoms with Crippen molar-refractivity contribution >= 4 is 50.8 Å². The Labute approximate surface area is 153 Å². The Morgan fingerprint density at radius 3 is 2.04 bits per heavy atom. The Morgan fingerprint density at radius 2 is 1.54 bits per heavy atom. The lowest BCUT2D eigenvalue weighted by Gasteiger charge is -2.06. The summed E-state index contributed by atoms with van der Waals surface area (Å²) in [5.74, 6) is -0.769. The van der Waals surface area contributed by atoms with E-state index in [0.717, 1.165) is 24.3 Å². The number of benzene rings is 2. The largest absolute Gasteiger partial charge is 0.290 e. The van der Waals surface area contributed by atoms with E-state index in [1.54, 1.807) is 0 Å². The number of ketones is 1. The van der Waals surface area contributed by atoms with Crippen LogP contribution in [0.2, 0.25) is 0 Å². The van der Waals surface area contributed by atoms with Gasteiger partial charge in [-0.15, -0.1) is 0 Å². The van der Waals surface area contributed by atoms with Gasteiger partial charge in [-0.1, -0.05) is 0 Å². The minimum absolute atomic E-state index is 0.212. The molecule has 130 valence electrons. The third-order valence-electron chi connectivity index (χ3n) is 3.85. The van der Waals surface area contributed by atoms with Crippen molar-refractivity contribution in [3.05, 3.63) is 66.7 Å². The molecular formula is C15H4Cl2N2O7. The van der Waals surface area contributed by atoms with E-state index in [4.69, 9.17) is 23.2 Å². The van der Waals surface area contributed by atoms with Crippen molar-refractivity contribution in [2.45, 2.75) is 0 Å². The number of carbonyl (C=O) groups is 3. The molecule has 0 spiro atoms.